The summed E-state index contributed by atoms with van der Waals surface area (Å²) >= 11 is 0. The molecule has 5 heteroatoms. The Labute approximate surface area is 143 Å². The van der Waals surface area contributed by atoms with Gasteiger partial charge in [-0.3, -0.25) is 0 Å². The number of hydrogen-bond donors (Lipinski definition) is 2. The van der Waals surface area contributed by atoms with Crippen LogP contribution in [0.15, 0.2) is 30.3 Å². The van der Waals surface area contributed by atoms with Crippen molar-refractivity contribution in [2.45, 2.75) is 39.2 Å². The molecule has 0 atom stereocenters. The van der Waals surface area contributed by atoms with Crippen molar-refractivity contribution in [2.75, 3.05) is 29.9 Å². The largest absolute Gasteiger partial charge is 0.396 e. The van der Waals surface area contributed by atoms with Crippen LogP contribution in [-0.4, -0.2) is 34.8 Å². The number of nitrogens with one attached hydrogen (secondary N) is 1. The molecule has 0 saturated carbocycles. The molecule has 24 heavy (non-hydrogen) atoms. The molecule has 0 spiro atoms. The van der Waals surface area contributed by atoms with Crippen LogP contribution in [0.4, 0.5) is 11.6 Å². The third kappa shape index (κ3) is 3.85. The molecular weight excluding hydrogens is 300 g/mol. The van der Waals surface area contributed by atoms with E-state index >= 15 is 0 Å². The average Bonchev–Trinajstić information content (AvgIpc) is 2.61. The smallest absolute Gasteiger partial charge is 0.135 e. The van der Waals surface area contributed by atoms with Gasteiger partial charge in [-0.25, -0.2) is 9.97 Å². The lowest BCUT2D eigenvalue weighted by molar-refractivity contribution is 0.292. The number of nitrogens with zero attached hydrogens (tertiary/aromatic N) is 3. The normalized spacial score (nSPS) is 13.9. The van der Waals surface area contributed by atoms with Gasteiger partial charge in [0.25, 0.3) is 0 Å². The number of fused-ring (bicyclic) bond motifs is 1. The third-order valence-electron chi connectivity index (χ3n) is 4.34. The van der Waals surface area contributed by atoms with Crippen LogP contribution in [0.5, 0.6) is 0 Å². The molecule has 1 aromatic carbocycles. The SMILES string of the molecule is CC(C)c1nc(NCCCO)cc(N2CCc3ccccc3C2)n1. The summed E-state index contributed by atoms with van der Waals surface area (Å²) in [7, 11) is 0. The average molecular weight is 326 g/mol. The quantitative estimate of drug-likeness (QED) is 0.799. The predicted octanol–water partition coefficient (Wildman–Crippen LogP) is 2.96. The Bertz CT molecular complexity index is 687. The molecule has 2 N–H and O–H groups in total. The molecule has 128 valence electrons. The second-order valence-electron chi connectivity index (χ2n) is 6.57. The van der Waals surface area contributed by atoms with Crippen molar-refractivity contribution in [3.05, 3.63) is 47.3 Å². The van der Waals surface area contributed by atoms with E-state index in [9.17, 15) is 0 Å². The molecule has 0 fully saturated rings. The predicted molar refractivity (Wildman–Crippen MR) is 97.5 cm³/mol. The van der Waals surface area contributed by atoms with E-state index in [1.807, 2.05) is 6.07 Å². The summed E-state index contributed by atoms with van der Waals surface area (Å²) in [5.74, 6) is 2.96. The van der Waals surface area contributed by atoms with Gasteiger partial charge < -0.3 is 15.3 Å². The summed E-state index contributed by atoms with van der Waals surface area (Å²) in [6.45, 7) is 6.99. The molecule has 0 radical (unpaired) electrons. The first-order valence-electron chi connectivity index (χ1n) is 8.73. The lowest BCUT2D eigenvalue weighted by Crippen LogP contribution is -2.31. The fraction of sp³-hybridized carbons (Fsp3) is 0.474. The summed E-state index contributed by atoms with van der Waals surface area (Å²) in [4.78, 5) is 11.7. The van der Waals surface area contributed by atoms with Crippen molar-refractivity contribution in [1.29, 1.82) is 0 Å². The number of aromatic nitrogens is 2. The zero-order chi connectivity index (χ0) is 16.9. The Hall–Kier alpha value is -2.14. The van der Waals surface area contributed by atoms with Crippen molar-refractivity contribution >= 4 is 11.6 Å². The number of anilines is 2. The minimum atomic E-state index is 0.185. The zero-order valence-corrected chi connectivity index (χ0v) is 14.5. The molecule has 1 aromatic heterocycles. The zero-order valence-electron chi connectivity index (χ0n) is 14.5. The molecule has 3 rings (SSSR count). The van der Waals surface area contributed by atoms with E-state index in [-0.39, 0.29) is 12.5 Å². The fourth-order valence-electron chi connectivity index (χ4n) is 2.95. The van der Waals surface area contributed by atoms with Gasteiger partial charge in [0.05, 0.1) is 0 Å². The van der Waals surface area contributed by atoms with Gasteiger partial charge in [0.15, 0.2) is 0 Å². The molecule has 0 amide bonds. The first kappa shape index (κ1) is 16.7. The van der Waals surface area contributed by atoms with E-state index in [1.165, 1.54) is 11.1 Å². The molecule has 2 heterocycles. The van der Waals surface area contributed by atoms with E-state index in [0.29, 0.717) is 13.0 Å². The molecule has 1 aliphatic rings. The van der Waals surface area contributed by atoms with Gasteiger partial charge in [-0.2, -0.15) is 0 Å². The number of aliphatic hydroxyl groups excluding tert-OH is 1. The van der Waals surface area contributed by atoms with Crippen LogP contribution in [0.2, 0.25) is 0 Å². The topological polar surface area (TPSA) is 61.3 Å². The summed E-state index contributed by atoms with van der Waals surface area (Å²) in [5.41, 5.74) is 2.82. The van der Waals surface area contributed by atoms with E-state index in [2.05, 4.69) is 53.3 Å². The Morgan fingerprint density at radius 1 is 1.21 bits per heavy atom. The molecule has 0 unspecified atom stereocenters. The van der Waals surface area contributed by atoms with Crippen molar-refractivity contribution in [1.82, 2.24) is 9.97 Å². The second kappa shape index (κ2) is 7.62. The minimum Gasteiger partial charge on any atom is -0.396 e. The van der Waals surface area contributed by atoms with Crippen LogP contribution in [0, 0.1) is 0 Å². The maximum Gasteiger partial charge on any atom is 0.135 e. The molecule has 2 aromatic rings. The maximum absolute atomic E-state index is 8.96. The number of benzene rings is 1. The third-order valence-corrected chi connectivity index (χ3v) is 4.34. The Morgan fingerprint density at radius 3 is 2.75 bits per heavy atom. The summed E-state index contributed by atoms with van der Waals surface area (Å²) < 4.78 is 0. The van der Waals surface area contributed by atoms with Gasteiger partial charge in [-0.05, 0) is 24.0 Å². The van der Waals surface area contributed by atoms with Gasteiger partial charge >= 0.3 is 0 Å². The Morgan fingerprint density at radius 2 is 2.00 bits per heavy atom. The minimum absolute atomic E-state index is 0.185. The highest BCUT2D eigenvalue weighted by molar-refractivity contribution is 5.51. The standard InChI is InChI=1S/C19H26N4O/c1-14(2)19-21-17(20-9-5-11-24)12-18(22-19)23-10-8-15-6-3-4-7-16(15)13-23/h3-4,6-7,12,14,24H,5,8-11,13H2,1-2H3,(H,20,21,22). The van der Waals surface area contributed by atoms with Gasteiger partial charge in [0.2, 0.25) is 0 Å². The van der Waals surface area contributed by atoms with Gasteiger partial charge in [0.1, 0.15) is 17.5 Å². The first-order valence-corrected chi connectivity index (χ1v) is 8.73. The van der Waals surface area contributed by atoms with Crippen molar-refractivity contribution in [3.63, 3.8) is 0 Å². The van der Waals surface area contributed by atoms with Gasteiger partial charge in [0, 0.05) is 38.2 Å². The van der Waals surface area contributed by atoms with Crippen molar-refractivity contribution in [3.8, 4) is 0 Å². The lowest BCUT2D eigenvalue weighted by Gasteiger charge is -2.30. The summed E-state index contributed by atoms with van der Waals surface area (Å²) in [6, 6.07) is 10.7. The van der Waals surface area contributed by atoms with Crippen LogP contribution in [0.25, 0.3) is 0 Å². The molecule has 0 saturated heterocycles. The highest BCUT2D eigenvalue weighted by Crippen LogP contribution is 2.26. The molecule has 0 aliphatic carbocycles. The van der Waals surface area contributed by atoms with Crippen LogP contribution in [-0.2, 0) is 13.0 Å². The Kier molecular flexibility index (Phi) is 5.30. The summed E-state index contributed by atoms with van der Waals surface area (Å²) in [5, 5.41) is 12.3. The van der Waals surface area contributed by atoms with Crippen LogP contribution in [0.1, 0.15) is 43.1 Å². The number of hydrogen-bond acceptors (Lipinski definition) is 5. The van der Waals surface area contributed by atoms with E-state index < -0.39 is 0 Å². The van der Waals surface area contributed by atoms with Gasteiger partial charge in [-0.15, -0.1) is 0 Å². The van der Waals surface area contributed by atoms with Crippen molar-refractivity contribution in [2.24, 2.45) is 0 Å². The molecule has 0 bridgehead atoms. The molecular formula is C19H26N4O. The first-order chi connectivity index (χ1) is 11.7. The fourth-order valence-corrected chi connectivity index (χ4v) is 2.95. The van der Waals surface area contributed by atoms with E-state index in [0.717, 1.165) is 37.0 Å². The van der Waals surface area contributed by atoms with Gasteiger partial charge in [-0.1, -0.05) is 38.1 Å². The molecule has 5 nitrogen and oxygen atoms in total. The van der Waals surface area contributed by atoms with Crippen molar-refractivity contribution < 1.29 is 5.11 Å². The van der Waals surface area contributed by atoms with E-state index in [1.54, 1.807) is 0 Å². The maximum atomic E-state index is 8.96. The summed E-state index contributed by atoms with van der Waals surface area (Å²) in [6.07, 6.45) is 1.76. The highest BCUT2D eigenvalue weighted by atomic mass is 16.3. The van der Waals surface area contributed by atoms with E-state index in [4.69, 9.17) is 10.1 Å². The van der Waals surface area contributed by atoms with Crippen LogP contribution >= 0.6 is 0 Å². The monoisotopic (exact) mass is 326 g/mol. The Balaban J connectivity index is 1.84. The lowest BCUT2D eigenvalue weighted by atomic mass is 10.00. The van der Waals surface area contributed by atoms with Crippen LogP contribution in [0.3, 0.4) is 0 Å². The second-order valence-corrected chi connectivity index (χ2v) is 6.57. The van der Waals surface area contributed by atoms with Crippen LogP contribution < -0.4 is 10.2 Å². The number of aliphatic hydroxyl groups is 1. The molecule has 1 aliphatic heterocycles. The number of rotatable bonds is 6. The highest BCUT2D eigenvalue weighted by Gasteiger charge is 2.19.